The Morgan fingerprint density at radius 2 is 1.56 bits per heavy atom. The summed E-state index contributed by atoms with van der Waals surface area (Å²) >= 11 is 0. The van der Waals surface area contributed by atoms with E-state index in [1.54, 1.807) is 0 Å². The van der Waals surface area contributed by atoms with Crippen molar-refractivity contribution in [3.63, 3.8) is 0 Å². The van der Waals surface area contributed by atoms with Gasteiger partial charge in [0.1, 0.15) is 6.04 Å². The number of carbonyl (C=O) groups excluding carboxylic acids is 2. The van der Waals surface area contributed by atoms with E-state index < -0.39 is 30.5 Å². The maximum absolute atomic E-state index is 11.9. The van der Waals surface area contributed by atoms with Gasteiger partial charge in [-0.05, 0) is 33.2 Å². The Morgan fingerprint density at radius 3 is 2.07 bits per heavy atom. The van der Waals surface area contributed by atoms with Gasteiger partial charge >= 0.3 is 11.9 Å². The Hall–Kier alpha value is -3.41. The van der Waals surface area contributed by atoms with Gasteiger partial charge in [-0.1, -0.05) is 48.5 Å². The molecule has 0 bridgehead atoms. The molecular formula is C21H19NO5. The number of fused-ring (bicyclic) bond motifs is 2. The average Bonchev–Trinajstić information content (AvgIpc) is 2.65. The molecule has 3 aromatic carbocycles. The molecule has 1 atom stereocenters. The molecular weight excluding hydrogens is 346 g/mol. The molecule has 27 heavy (non-hydrogen) atoms. The molecule has 3 rings (SSSR count). The number of carboxylic acids is 1. The van der Waals surface area contributed by atoms with Crippen LogP contribution in [0, 0.1) is 0 Å². The first-order valence-electron chi connectivity index (χ1n) is 8.50. The van der Waals surface area contributed by atoms with Gasteiger partial charge in [0.15, 0.2) is 6.61 Å². The average molecular weight is 365 g/mol. The number of amides is 1. The van der Waals surface area contributed by atoms with Gasteiger partial charge in [0.05, 0.1) is 0 Å². The second-order valence-corrected chi connectivity index (χ2v) is 6.24. The number of rotatable bonds is 6. The maximum Gasteiger partial charge on any atom is 0.326 e. The van der Waals surface area contributed by atoms with Gasteiger partial charge < -0.3 is 15.2 Å². The van der Waals surface area contributed by atoms with Crippen molar-refractivity contribution in [2.75, 3.05) is 6.61 Å². The van der Waals surface area contributed by atoms with Gasteiger partial charge in [-0.2, -0.15) is 0 Å². The molecule has 0 radical (unpaired) electrons. The summed E-state index contributed by atoms with van der Waals surface area (Å²) < 4.78 is 4.63. The Bertz CT molecular complexity index is 973. The smallest absolute Gasteiger partial charge is 0.326 e. The molecule has 0 spiro atoms. The normalized spacial score (nSPS) is 11.9. The van der Waals surface area contributed by atoms with E-state index in [1.165, 1.54) is 6.92 Å². The highest BCUT2D eigenvalue weighted by atomic mass is 16.5. The van der Waals surface area contributed by atoms with Crippen LogP contribution in [0.2, 0.25) is 0 Å². The Balaban J connectivity index is 1.97. The molecule has 138 valence electrons. The third-order valence-electron chi connectivity index (χ3n) is 4.33. The third-order valence-corrected chi connectivity index (χ3v) is 4.33. The van der Waals surface area contributed by atoms with E-state index in [9.17, 15) is 19.5 Å². The van der Waals surface area contributed by atoms with E-state index in [4.69, 9.17) is 0 Å². The van der Waals surface area contributed by atoms with Crippen molar-refractivity contribution in [2.45, 2.75) is 19.4 Å². The van der Waals surface area contributed by atoms with Gasteiger partial charge in [0.2, 0.25) is 0 Å². The minimum atomic E-state index is -1.15. The lowest BCUT2D eigenvalue weighted by Crippen LogP contribution is -2.44. The molecule has 6 nitrogen and oxygen atoms in total. The Morgan fingerprint density at radius 1 is 1.00 bits per heavy atom. The zero-order valence-electron chi connectivity index (χ0n) is 14.8. The zero-order valence-corrected chi connectivity index (χ0v) is 14.8. The van der Waals surface area contributed by atoms with E-state index in [1.807, 2.05) is 48.5 Å². The highest BCUT2D eigenvalue weighted by molar-refractivity contribution is 6.02. The van der Waals surface area contributed by atoms with Crippen molar-refractivity contribution < 1.29 is 24.2 Å². The van der Waals surface area contributed by atoms with Gasteiger partial charge in [-0.25, -0.2) is 4.79 Å². The molecule has 0 fully saturated rings. The van der Waals surface area contributed by atoms with Gasteiger partial charge in [0, 0.05) is 13.3 Å². The number of aliphatic carboxylic acids is 1. The van der Waals surface area contributed by atoms with Gasteiger partial charge in [-0.15, -0.1) is 0 Å². The predicted molar refractivity (Wildman–Crippen MR) is 101 cm³/mol. The zero-order chi connectivity index (χ0) is 19.4. The Kier molecular flexibility index (Phi) is 5.35. The number of carboxylic acid groups (broad SMARTS) is 1. The number of ether oxygens (including phenoxy) is 1. The molecule has 0 heterocycles. The van der Waals surface area contributed by atoms with Crippen LogP contribution in [0.25, 0.3) is 21.5 Å². The number of hydrogen-bond acceptors (Lipinski definition) is 4. The Labute approximate surface area is 155 Å². The van der Waals surface area contributed by atoms with Crippen LogP contribution in [0.4, 0.5) is 0 Å². The van der Waals surface area contributed by atoms with Crippen molar-refractivity contribution in [1.29, 1.82) is 0 Å². The van der Waals surface area contributed by atoms with Crippen LogP contribution in [-0.4, -0.2) is 35.6 Å². The van der Waals surface area contributed by atoms with Crippen LogP contribution >= 0.6 is 0 Å². The topological polar surface area (TPSA) is 92.7 Å². The van der Waals surface area contributed by atoms with Crippen molar-refractivity contribution in [2.24, 2.45) is 0 Å². The lowest BCUT2D eigenvalue weighted by molar-refractivity contribution is -0.147. The molecule has 1 amide bonds. The number of nitrogens with one attached hydrogen (secondary N) is 1. The van der Waals surface area contributed by atoms with Crippen molar-refractivity contribution in [3.05, 3.63) is 60.2 Å². The summed E-state index contributed by atoms with van der Waals surface area (Å²) in [5, 5.41) is 15.9. The second-order valence-electron chi connectivity index (χ2n) is 6.24. The monoisotopic (exact) mass is 365 g/mol. The fraction of sp³-hybridized carbons (Fsp3) is 0.190. The third kappa shape index (κ3) is 4.23. The first-order chi connectivity index (χ1) is 13.0. The summed E-state index contributed by atoms with van der Waals surface area (Å²) in [6.45, 7) is 0.680. The van der Waals surface area contributed by atoms with E-state index in [2.05, 4.69) is 16.1 Å². The van der Waals surface area contributed by atoms with E-state index in [-0.39, 0.29) is 6.42 Å². The van der Waals surface area contributed by atoms with Crippen LogP contribution in [0.3, 0.4) is 0 Å². The first-order valence-corrected chi connectivity index (χ1v) is 8.50. The van der Waals surface area contributed by atoms with Crippen LogP contribution in [0.15, 0.2) is 54.6 Å². The first kappa shape index (κ1) is 18.4. The summed E-state index contributed by atoms with van der Waals surface area (Å²) in [7, 11) is 0. The molecule has 0 saturated heterocycles. The molecule has 0 unspecified atom stereocenters. The fourth-order valence-corrected chi connectivity index (χ4v) is 3.14. The quantitative estimate of drug-likeness (QED) is 0.517. The van der Waals surface area contributed by atoms with Crippen LogP contribution < -0.4 is 5.32 Å². The predicted octanol–water partition coefficient (Wildman–Crippen LogP) is 2.67. The van der Waals surface area contributed by atoms with E-state index >= 15 is 0 Å². The molecule has 0 aliphatic rings. The number of esters is 1. The molecule has 0 aliphatic carbocycles. The van der Waals surface area contributed by atoms with E-state index in [0.29, 0.717) is 0 Å². The SMILES string of the molecule is CC(=O)OCC(=O)N[C@H](Cc1c2ccccc2cc2ccccc12)C(=O)O. The minimum absolute atomic E-state index is 0.114. The summed E-state index contributed by atoms with van der Waals surface area (Å²) in [6, 6.07) is 16.4. The largest absolute Gasteiger partial charge is 0.480 e. The summed E-state index contributed by atoms with van der Waals surface area (Å²) in [6.07, 6.45) is 0.114. The van der Waals surface area contributed by atoms with E-state index in [0.717, 1.165) is 27.1 Å². The second kappa shape index (κ2) is 7.86. The van der Waals surface area contributed by atoms with Crippen LogP contribution in [-0.2, 0) is 25.5 Å². The highest BCUT2D eigenvalue weighted by Gasteiger charge is 2.23. The molecule has 0 saturated carbocycles. The molecule has 0 aromatic heterocycles. The highest BCUT2D eigenvalue weighted by Crippen LogP contribution is 2.29. The molecule has 3 aromatic rings. The van der Waals surface area contributed by atoms with Crippen LogP contribution in [0.5, 0.6) is 0 Å². The van der Waals surface area contributed by atoms with Crippen molar-refractivity contribution >= 4 is 39.4 Å². The summed E-state index contributed by atoms with van der Waals surface area (Å²) in [5.74, 6) is -2.40. The standard InChI is InChI=1S/C21H19NO5/c1-13(23)27-12-20(24)22-19(21(25)26)11-18-16-8-4-2-6-14(16)10-15-7-3-5-9-17(15)18/h2-10,19H,11-12H2,1H3,(H,22,24)(H,25,26)/t19-/m1/s1. The summed E-state index contributed by atoms with van der Waals surface area (Å²) in [4.78, 5) is 34.5. The lowest BCUT2D eigenvalue weighted by atomic mass is 9.92. The number of carbonyl (C=O) groups is 3. The summed E-state index contributed by atoms with van der Waals surface area (Å²) in [5.41, 5.74) is 0.851. The number of hydrogen-bond donors (Lipinski definition) is 2. The maximum atomic E-state index is 11.9. The molecule has 6 heteroatoms. The molecule has 2 N–H and O–H groups in total. The van der Waals surface area contributed by atoms with Gasteiger partial charge in [-0.3, -0.25) is 9.59 Å². The van der Waals surface area contributed by atoms with Crippen molar-refractivity contribution in [3.8, 4) is 0 Å². The minimum Gasteiger partial charge on any atom is -0.480 e. The van der Waals surface area contributed by atoms with Crippen LogP contribution in [0.1, 0.15) is 12.5 Å². The number of benzene rings is 3. The molecule has 0 aliphatic heterocycles. The lowest BCUT2D eigenvalue weighted by Gasteiger charge is -2.18. The van der Waals surface area contributed by atoms with Gasteiger partial charge in [0.25, 0.3) is 5.91 Å². The van der Waals surface area contributed by atoms with Crippen molar-refractivity contribution in [1.82, 2.24) is 5.32 Å². The fourth-order valence-electron chi connectivity index (χ4n) is 3.14.